The standard InChI is InChI=1S/C24H30N2O5/c1-4-5-6-7-16-31-20-12-10-19(11-13-20)24(28)26-25-23(27)15-9-18-8-14-21(29-2)22(17-18)30-3/h8-15,17H,4-7,16H2,1-3H3,(H,25,27)(H,26,28)/b15-9+. The van der Waals surface area contributed by atoms with Crippen molar-refractivity contribution in [2.24, 2.45) is 0 Å². The molecule has 0 aliphatic heterocycles. The first-order valence-electron chi connectivity index (χ1n) is 10.3. The fraction of sp³-hybridized carbons (Fsp3) is 0.333. The SMILES string of the molecule is CCCCCCOc1ccc(C(=O)NNC(=O)/C=C/c2ccc(OC)c(OC)c2)cc1. The van der Waals surface area contributed by atoms with E-state index in [1.807, 2.05) is 0 Å². The molecule has 7 heteroatoms. The highest BCUT2D eigenvalue weighted by atomic mass is 16.5. The first kappa shape index (κ1) is 23.8. The van der Waals surface area contributed by atoms with Gasteiger partial charge in [-0.15, -0.1) is 0 Å². The van der Waals surface area contributed by atoms with Crippen molar-refractivity contribution in [2.45, 2.75) is 32.6 Å². The Morgan fingerprint density at radius 1 is 0.903 bits per heavy atom. The van der Waals surface area contributed by atoms with Crippen LogP contribution in [0.5, 0.6) is 17.2 Å². The van der Waals surface area contributed by atoms with Crippen LogP contribution < -0.4 is 25.1 Å². The number of methoxy groups -OCH3 is 2. The van der Waals surface area contributed by atoms with Gasteiger partial charge in [-0.2, -0.15) is 0 Å². The van der Waals surface area contributed by atoms with Gasteiger partial charge in [0.05, 0.1) is 20.8 Å². The molecule has 2 N–H and O–H groups in total. The van der Waals surface area contributed by atoms with E-state index >= 15 is 0 Å². The molecule has 166 valence electrons. The Morgan fingerprint density at radius 3 is 2.32 bits per heavy atom. The Bertz CT molecular complexity index is 878. The van der Waals surface area contributed by atoms with Gasteiger partial charge < -0.3 is 14.2 Å². The molecule has 0 saturated heterocycles. The van der Waals surface area contributed by atoms with Crippen LogP contribution in [0.3, 0.4) is 0 Å². The van der Waals surface area contributed by atoms with Crippen molar-refractivity contribution in [3.63, 3.8) is 0 Å². The molecule has 0 spiro atoms. The number of hydrogen-bond acceptors (Lipinski definition) is 5. The van der Waals surface area contributed by atoms with E-state index in [2.05, 4.69) is 17.8 Å². The number of hydrogen-bond donors (Lipinski definition) is 2. The molecular formula is C24H30N2O5. The average Bonchev–Trinajstić information content (AvgIpc) is 2.81. The van der Waals surface area contributed by atoms with E-state index in [0.717, 1.165) is 24.2 Å². The summed E-state index contributed by atoms with van der Waals surface area (Å²) in [6, 6.07) is 12.1. The second-order valence-electron chi connectivity index (χ2n) is 6.82. The van der Waals surface area contributed by atoms with Crippen LogP contribution in [0.4, 0.5) is 0 Å². The zero-order valence-electron chi connectivity index (χ0n) is 18.3. The lowest BCUT2D eigenvalue weighted by Crippen LogP contribution is -2.40. The number of hydrazine groups is 1. The lowest BCUT2D eigenvalue weighted by Gasteiger charge is -2.08. The Kier molecular flexibility index (Phi) is 9.94. The molecular weight excluding hydrogens is 396 g/mol. The predicted octanol–water partition coefficient (Wildman–Crippen LogP) is 4.14. The molecule has 0 unspecified atom stereocenters. The number of nitrogens with one attached hydrogen (secondary N) is 2. The van der Waals surface area contributed by atoms with E-state index in [-0.39, 0.29) is 0 Å². The third-order valence-corrected chi connectivity index (χ3v) is 4.52. The highest BCUT2D eigenvalue weighted by Crippen LogP contribution is 2.27. The van der Waals surface area contributed by atoms with Crippen molar-refractivity contribution < 1.29 is 23.8 Å². The molecule has 2 rings (SSSR count). The first-order chi connectivity index (χ1) is 15.1. The summed E-state index contributed by atoms with van der Waals surface area (Å²) >= 11 is 0. The van der Waals surface area contributed by atoms with Gasteiger partial charge in [0.15, 0.2) is 11.5 Å². The van der Waals surface area contributed by atoms with Crippen LogP contribution in [-0.2, 0) is 4.79 Å². The van der Waals surface area contributed by atoms with E-state index in [4.69, 9.17) is 14.2 Å². The zero-order valence-corrected chi connectivity index (χ0v) is 18.3. The molecule has 2 aromatic carbocycles. The lowest BCUT2D eigenvalue weighted by atomic mass is 10.2. The summed E-state index contributed by atoms with van der Waals surface area (Å²) < 4.78 is 16.1. The third-order valence-electron chi connectivity index (χ3n) is 4.52. The molecule has 2 aromatic rings. The van der Waals surface area contributed by atoms with Gasteiger partial charge in [0.1, 0.15) is 5.75 Å². The van der Waals surface area contributed by atoms with Gasteiger partial charge in [-0.25, -0.2) is 0 Å². The van der Waals surface area contributed by atoms with Gasteiger partial charge in [0, 0.05) is 11.6 Å². The fourth-order valence-corrected chi connectivity index (χ4v) is 2.78. The van der Waals surface area contributed by atoms with E-state index in [1.165, 1.54) is 18.9 Å². The molecule has 0 radical (unpaired) electrons. The minimum atomic E-state index is -0.463. The van der Waals surface area contributed by atoms with Crippen LogP contribution in [0.25, 0.3) is 6.08 Å². The van der Waals surface area contributed by atoms with E-state index in [1.54, 1.807) is 62.8 Å². The third kappa shape index (κ3) is 8.04. The van der Waals surface area contributed by atoms with E-state index in [0.29, 0.717) is 23.7 Å². The Hall–Kier alpha value is -3.48. The van der Waals surface area contributed by atoms with Crippen LogP contribution in [-0.4, -0.2) is 32.6 Å². The maximum absolute atomic E-state index is 12.2. The number of rotatable bonds is 11. The molecule has 0 fully saturated rings. The van der Waals surface area contributed by atoms with Crippen LogP contribution in [0.2, 0.25) is 0 Å². The fourth-order valence-electron chi connectivity index (χ4n) is 2.78. The van der Waals surface area contributed by atoms with E-state index < -0.39 is 11.8 Å². The largest absolute Gasteiger partial charge is 0.494 e. The molecule has 7 nitrogen and oxygen atoms in total. The minimum Gasteiger partial charge on any atom is -0.494 e. The monoisotopic (exact) mass is 426 g/mol. The van der Waals surface area contributed by atoms with Crippen LogP contribution in [0, 0.1) is 0 Å². The molecule has 0 aromatic heterocycles. The summed E-state index contributed by atoms with van der Waals surface area (Å²) in [5.74, 6) is 1.00. The van der Waals surface area contributed by atoms with Crippen molar-refractivity contribution in [1.82, 2.24) is 10.9 Å². The number of carbonyl (C=O) groups excluding carboxylic acids is 2. The molecule has 0 heterocycles. The number of benzene rings is 2. The number of ether oxygens (including phenoxy) is 3. The average molecular weight is 427 g/mol. The summed E-state index contributed by atoms with van der Waals surface area (Å²) in [7, 11) is 3.10. The molecule has 0 aliphatic carbocycles. The van der Waals surface area contributed by atoms with Crippen molar-refractivity contribution >= 4 is 17.9 Å². The maximum Gasteiger partial charge on any atom is 0.269 e. The molecule has 0 aliphatic rings. The van der Waals surface area contributed by atoms with Gasteiger partial charge >= 0.3 is 0 Å². The molecule has 0 bridgehead atoms. The van der Waals surface area contributed by atoms with Crippen LogP contribution in [0.1, 0.15) is 48.5 Å². The number of amides is 2. The van der Waals surface area contributed by atoms with Gasteiger partial charge in [-0.1, -0.05) is 32.3 Å². The Labute approximate surface area is 183 Å². The van der Waals surface area contributed by atoms with Crippen molar-refractivity contribution in [3.05, 3.63) is 59.7 Å². The smallest absolute Gasteiger partial charge is 0.269 e. The van der Waals surface area contributed by atoms with Gasteiger partial charge in [-0.3, -0.25) is 20.4 Å². The predicted molar refractivity (Wildman–Crippen MR) is 120 cm³/mol. The normalized spacial score (nSPS) is 10.5. The summed E-state index contributed by atoms with van der Waals surface area (Å²) in [5.41, 5.74) is 5.92. The summed E-state index contributed by atoms with van der Waals surface area (Å²) in [4.78, 5) is 24.2. The summed E-state index contributed by atoms with van der Waals surface area (Å²) in [6.07, 6.45) is 7.48. The maximum atomic E-state index is 12.2. The summed E-state index contributed by atoms with van der Waals surface area (Å²) in [6.45, 7) is 2.83. The quantitative estimate of drug-likeness (QED) is 0.320. The van der Waals surface area contributed by atoms with Gasteiger partial charge in [0.25, 0.3) is 11.8 Å². The molecule has 0 saturated carbocycles. The molecule has 2 amide bonds. The van der Waals surface area contributed by atoms with E-state index in [9.17, 15) is 9.59 Å². The molecule has 0 atom stereocenters. The number of unbranched alkanes of at least 4 members (excludes halogenated alkanes) is 3. The van der Waals surface area contributed by atoms with Crippen LogP contribution in [0.15, 0.2) is 48.5 Å². The van der Waals surface area contributed by atoms with Crippen molar-refractivity contribution in [3.8, 4) is 17.2 Å². The van der Waals surface area contributed by atoms with Gasteiger partial charge in [-0.05, 0) is 54.5 Å². The lowest BCUT2D eigenvalue weighted by molar-refractivity contribution is -0.117. The highest BCUT2D eigenvalue weighted by Gasteiger charge is 2.07. The Morgan fingerprint density at radius 2 is 1.65 bits per heavy atom. The Balaban J connectivity index is 1.79. The zero-order chi connectivity index (χ0) is 22.5. The van der Waals surface area contributed by atoms with Crippen LogP contribution >= 0.6 is 0 Å². The minimum absolute atomic E-state index is 0.414. The second kappa shape index (κ2) is 13.0. The second-order valence-corrected chi connectivity index (χ2v) is 6.82. The topological polar surface area (TPSA) is 85.9 Å². The summed E-state index contributed by atoms with van der Waals surface area (Å²) in [5, 5.41) is 0. The number of carbonyl (C=O) groups is 2. The van der Waals surface area contributed by atoms with Crippen molar-refractivity contribution in [1.29, 1.82) is 0 Å². The molecule has 31 heavy (non-hydrogen) atoms. The first-order valence-corrected chi connectivity index (χ1v) is 10.3. The van der Waals surface area contributed by atoms with Gasteiger partial charge in [0.2, 0.25) is 0 Å². The highest BCUT2D eigenvalue weighted by molar-refractivity contribution is 5.98. The van der Waals surface area contributed by atoms with Crippen molar-refractivity contribution in [2.75, 3.05) is 20.8 Å².